The topological polar surface area (TPSA) is 45.0 Å². The van der Waals surface area contributed by atoms with Crippen LogP contribution in [0, 0.1) is 5.92 Å². The average molecular weight is 353 g/mol. The lowest BCUT2D eigenvalue weighted by Gasteiger charge is -2.16. The summed E-state index contributed by atoms with van der Waals surface area (Å²) in [6, 6.07) is 16.1. The number of hydrogen-bond donors (Lipinski definition) is 1. The molecule has 4 heteroatoms. The first kappa shape index (κ1) is 19.4. The number of nitrogens with zero attached hydrogens (tertiary/aromatic N) is 2. The third-order valence-corrected chi connectivity index (χ3v) is 5.35. The molecule has 0 aromatic heterocycles. The maximum Gasteiger partial charge on any atom is 0.280 e. The lowest BCUT2D eigenvalue weighted by atomic mass is 9.91. The third kappa shape index (κ3) is 6.46. The lowest BCUT2D eigenvalue weighted by Crippen LogP contribution is -2.10. The molecule has 0 spiro atoms. The molecule has 2 aromatic rings. The maximum atomic E-state index is 10.6. The second kappa shape index (κ2) is 10.8. The van der Waals surface area contributed by atoms with Crippen LogP contribution in [0.25, 0.3) is 0 Å². The van der Waals surface area contributed by atoms with E-state index in [9.17, 15) is 5.11 Å². The van der Waals surface area contributed by atoms with Crippen LogP contribution in [-0.2, 0) is 13.0 Å². The molecule has 2 aromatic carbocycles. The summed E-state index contributed by atoms with van der Waals surface area (Å²) in [5.74, 6) is 1.04. The molecule has 0 heterocycles. The predicted octanol–water partition coefficient (Wildman–Crippen LogP) is 5.05. The Kier molecular flexibility index (Phi) is 8.39. The molecular weight excluding hydrogens is 324 g/mol. The number of phenols is 1. The van der Waals surface area contributed by atoms with Crippen LogP contribution >= 0.6 is 0 Å². The first-order valence-electron chi connectivity index (χ1n) is 9.21. The van der Waals surface area contributed by atoms with Crippen molar-refractivity contribution >= 4 is 14.9 Å². The van der Waals surface area contributed by atoms with Gasteiger partial charge in [-0.05, 0) is 23.1 Å². The minimum absolute atomic E-state index is 0.323. The standard InChI is InChI=1S/C21H28N2OSi/c1-3-5-10-17(4-2)15-18-11-9-12-19(21(18)24)16-22-23-25-20-13-7-6-8-14-20/h6-9,11-14,17,24H,3-5,10,15-16H2,1-2H3. The molecule has 0 saturated carbocycles. The number of aromatic hydroxyl groups is 1. The van der Waals surface area contributed by atoms with E-state index in [1.54, 1.807) is 0 Å². The highest BCUT2D eigenvalue weighted by Crippen LogP contribution is 2.28. The Morgan fingerprint density at radius 3 is 2.48 bits per heavy atom. The second-order valence-electron chi connectivity index (χ2n) is 6.42. The summed E-state index contributed by atoms with van der Waals surface area (Å²) in [4.78, 5) is 0. The number of unbranched alkanes of at least 4 members (excludes halogenated alkanes) is 1. The lowest BCUT2D eigenvalue weighted by molar-refractivity contribution is 0.423. The van der Waals surface area contributed by atoms with Crippen molar-refractivity contribution in [3.63, 3.8) is 0 Å². The predicted molar refractivity (Wildman–Crippen MR) is 106 cm³/mol. The van der Waals surface area contributed by atoms with Gasteiger partial charge in [-0.3, -0.25) is 0 Å². The molecule has 1 N–H and O–H groups in total. The normalized spacial score (nSPS) is 12.6. The van der Waals surface area contributed by atoms with Crippen molar-refractivity contribution in [3.8, 4) is 5.75 Å². The van der Waals surface area contributed by atoms with Gasteiger partial charge in [0.15, 0.2) is 0 Å². The zero-order valence-electron chi connectivity index (χ0n) is 15.3. The highest BCUT2D eigenvalue weighted by atomic mass is 28.2. The highest BCUT2D eigenvalue weighted by molar-refractivity contribution is 6.51. The van der Waals surface area contributed by atoms with Crippen LogP contribution in [0.15, 0.2) is 58.4 Å². The van der Waals surface area contributed by atoms with Gasteiger partial charge in [-0.15, -0.1) is 0 Å². The van der Waals surface area contributed by atoms with E-state index >= 15 is 0 Å². The fraction of sp³-hybridized carbons (Fsp3) is 0.429. The smallest absolute Gasteiger partial charge is 0.280 e. The van der Waals surface area contributed by atoms with Gasteiger partial charge >= 0.3 is 0 Å². The Bertz CT molecular complexity index is 658. The first-order chi connectivity index (χ1) is 12.2. The molecule has 0 amide bonds. The minimum atomic E-state index is 0.323. The van der Waals surface area contributed by atoms with Gasteiger partial charge in [-0.25, -0.2) is 4.78 Å². The van der Waals surface area contributed by atoms with Crippen LogP contribution in [0.1, 0.15) is 50.7 Å². The fourth-order valence-electron chi connectivity index (χ4n) is 2.91. The van der Waals surface area contributed by atoms with Gasteiger partial charge in [0, 0.05) is 5.56 Å². The number of rotatable bonds is 10. The van der Waals surface area contributed by atoms with Gasteiger partial charge in [0.1, 0.15) is 5.75 Å². The van der Waals surface area contributed by atoms with Crippen molar-refractivity contribution in [1.82, 2.24) is 0 Å². The Morgan fingerprint density at radius 2 is 1.76 bits per heavy atom. The van der Waals surface area contributed by atoms with Crippen LogP contribution in [0.4, 0.5) is 0 Å². The number of phenolic OH excluding ortho intramolecular Hbond substituents is 1. The summed E-state index contributed by atoms with van der Waals surface area (Å²) in [5, 5.41) is 16.0. The quantitative estimate of drug-likeness (QED) is 0.472. The van der Waals surface area contributed by atoms with Gasteiger partial charge < -0.3 is 5.11 Å². The van der Waals surface area contributed by atoms with E-state index in [0.29, 0.717) is 27.9 Å². The van der Waals surface area contributed by atoms with Crippen molar-refractivity contribution < 1.29 is 5.11 Å². The van der Waals surface area contributed by atoms with Gasteiger partial charge in [0.05, 0.1) is 6.54 Å². The second-order valence-corrected chi connectivity index (χ2v) is 7.42. The van der Waals surface area contributed by atoms with E-state index in [2.05, 4.69) is 35.9 Å². The van der Waals surface area contributed by atoms with Crippen molar-refractivity contribution in [2.24, 2.45) is 15.8 Å². The van der Waals surface area contributed by atoms with E-state index in [4.69, 9.17) is 0 Å². The van der Waals surface area contributed by atoms with Crippen molar-refractivity contribution in [3.05, 3.63) is 59.7 Å². The molecular formula is C21H28N2OSi. The Morgan fingerprint density at radius 1 is 1.00 bits per heavy atom. The number of hydrogen-bond acceptors (Lipinski definition) is 3. The number of para-hydroxylation sites is 1. The summed E-state index contributed by atoms with van der Waals surface area (Å²) in [5.41, 5.74) is 1.91. The summed E-state index contributed by atoms with van der Waals surface area (Å²) in [6.45, 7) is 4.90. The zero-order chi connectivity index (χ0) is 17.9. The van der Waals surface area contributed by atoms with Gasteiger partial charge in [-0.2, -0.15) is 5.11 Å². The van der Waals surface area contributed by atoms with Crippen LogP contribution in [0.3, 0.4) is 0 Å². The molecule has 132 valence electrons. The average Bonchev–Trinajstić information content (AvgIpc) is 2.65. The molecule has 0 aliphatic rings. The van der Waals surface area contributed by atoms with E-state index in [-0.39, 0.29) is 0 Å². The Labute approximate surface area is 154 Å². The van der Waals surface area contributed by atoms with Gasteiger partial charge in [0.25, 0.3) is 9.68 Å². The first-order valence-corrected chi connectivity index (χ1v) is 10.2. The summed E-state index contributed by atoms with van der Waals surface area (Å²) in [6.07, 6.45) is 5.81. The van der Waals surface area contributed by atoms with E-state index in [1.165, 1.54) is 24.4 Å². The van der Waals surface area contributed by atoms with Gasteiger partial charge in [0.2, 0.25) is 0 Å². The molecule has 25 heavy (non-hydrogen) atoms. The van der Waals surface area contributed by atoms with Crippen molar-refractivity contribution in [2.45, 2.75) is 52.5 Å². The maximum absolute atomic E-state index is 10.6. The molecule has 1 unspecified atom stereocenters. The third-order valence-electron chi connectivity index (χ3n) is 4.52. The number of benzene rings is 2. The summed E-state index contributed by atoms with van der Waals surface area (Å²) < 4.78 is 4.27. The molecule has 3 nitrogen and oxygen atoms in total. The van der Waals surface area contributed by atoms with E-state index in [0.717, 1.165) is 24.0 Å². The molecule has 0 bridgehead atoms. The Hall–Kier alpha value is -1.94. The molecule has 0 aliphatic heterocycles. The molecule has 0 aliphatic carbocycles. The van der Waals surface area contributed by atoms with Crippen molar-refractivity contribution in [1.29, 1.82) is 0 Å². The zero-order valence-corrected chi connectivity index (χ0v) is 16.3. The van der Waals surface area contributed by atoms with Gasteiger partial charge in [-0.1, -0.05) is 88.1 Å². The summed E-state index contributed by atoms with van der Waals surface area (Å²) >= 11 is 0. The van der Waals surface area contributed by atoms with Crippen LogP contribution in [0.2, 0.25) is 0 Å². The molecule has 2 radical (unpaired) electrons. The van der Waals surface area contributed by atoms with Crippen LogP contribution < -0.4 is 5.19 Å². The molecule has 2 rings (SSSR count). The molecule has 1 atom stereocenters. The highest BCUT2D eigenvalue weighted by Gasteiger charge is 2.12. The largest absolute Gasteiger partial charge is 0.507 e. The Balaban J connectivity index is 1.95. The fourth-order valence-corrected chi connectivity index (χ4v) is 3.51. The molecule has 0 saturated heterocycles. The molecule has 0 fully saturated rings. The van der Waals surface area contributed by atoms with Crippen LogP contribution in [0.5, 0.6) is 5.75 Å². The monoisotopic (exact) mass is 352 g/mol. The summed E-state index contributed by atoms with van der Waals surface area (Å²) in [7, 11) is 0.323. The SMILES string of the molecule is CCCCC(CC)Cc1cccc(CN=N[Si]c2ccccc2)c1O. The van der Waals surface area contributed by atoms with Crippen LogP contribution in [-0.4, -0.2) is 14.8 Å². The van der Waals surface area contributed by atoms with E-state index in [1.807, 2.05) is 36.4 Å². The van der Waals surface area contributed by atoms with Crippen molar-refractivity contribution in [2.75, 3.05) is 0 Å². The minimum Gasteiger partial charge on any atom is -0.507 e. The van der Waals surface area contributed by atoms with E-state index < -0.39 is 0 Å².